The monoisotopic (exact) mass is 491 g/mol. The third-order valence-corrected chi connectivity index (χ3v) is 5.66. The molecule has 0 spiro atoms. The first-order chi connectivity index (χ1) is 16.7. The highest BCUT2D eigenvalue weighted by atomic mass is 19.4. The lowest BCUT2D eigenvalue weighted by molar-refractivity contribution is -0.192. The van der Waals surface area contributed by atoms with E-state index in [2.05, 4.69) is 20.1 Å². The minimum atomic E-state index is -5.08. The summed E-state index contributed by atoms with van der Waals surface area (Å²) in [4.78, 5) is 15.7. The number of fused-ring (bicyclic) bond motifs is 1. The van der Waals surface area contributed by atoms with Gasteiger partial charge in [-0.3, -0.25) is 9.30 Å². The van der Waals surface area contributed by atoms with Crippen molar-refractivity contribution in [1.29, 1.82) is 0 Å². The lowest BCUT2D eigenvalue weighted by atomic mass is 9.95. The molecule has 1 fully saturated rings. The quantitative estimate of drug-likeness (QED) is 0.419. The number of hydrogen-bond donors (Lipinski definition) is 1. The largest absolute Gasteiger partial charge is 0.490 e. The van der Waals surface area contributed by atoms with Crippen LogP contribution in [0.15, 0.2) is 59.7 Å². The predicted molar refractivity (Wildman–Crippen MR) is 116 cm³/mol. The van der Waals surface area contributed by atoms with Gasteiger partial charge in [0.05, 0.1) is 12.5 Å². The van der Waals surface area contributed by atoms with Gasteiger partial charge in [0.15, 0.2) is 0 Å². The van der Waals surface area contributed by atoms with Gasteiger partial charge in [-0.2, -0.15) is 13.2 Å². The van der Waals surface area contributed by atoms with Gasteiger partial charge in [0.25, 0.3) is 5.78 Å². The molecular weight excluding hydrogens is 470 g/mol. The Kier molecular flexibility index (Phi) is 7.10. The van der Waals surface area contributed by atoms with Crippen molar-refractivity contribution < 1.29 is 31.9 Å². The molecule has 0 bridgehead atoms. The molecule has 1 aromatic carbocycles. The molecule has 4 aromatic rings. The topological polar surface area (TPSA) is 96.8 Å². The molecule has 184 valence electrons. The van der Waals surface area contributed by atoms with Crippen LogP contribution in [0.25, 0.3) is 16.9 Å². The highest BCUT2D eigenvalue weighted by Crippen LogP contribution is 2.29. The fraction of sp³-hybridized carbons (Fsp3) is 0.304. The Morgan fingerprint density at radius 3 is 2.49 bits per heavy atom. The number of benzene rings is 1. The second-order valence-electron chi connectivity index (χ2n) is 8.04. The molecule has 1 saturated heterocycles. The Morgan fingerprint density at radius 1 is 1.14 bits per heavy atom. The Hall–Kier alpha value is -3.80. The van der Waals surface area contributed by atoms with Crippen LogP contribution >= 0.6 is 0 Å². The fourth-order valence-corrected chi connectivity index (χ4v) is 3.91. The number of rotatable bonds is 4. The zero-order chi connectivity index (χ0) is 25.0. The smallest absolute Gasteiger partial charge is 0.475 e. The van der Waals surface area contributed by atoms with Crippen LogP contribution in [0.2, 0.25) is 0 Å². The molecule has 0 atom stereocenters. The number of carboxylic acids is 1. The van der Waals surface area contributed by atoms with Gasteiger partial charge in [0, 0.05) is 41.5 Å². The van der Waals surface area contributed by atoms with Crippen molar-refractivity contribution >= 4 is 11.7 Å². The summed E-state index contributed by atoms with van der Waals surface area (Å²) < 4.78 is 53.0. The number of hydrogen-bond acceptors (Lipinski definition) is 6. The summed E-state index contributed by atoms with van der Waals surface area (Å²) in [7, 11) is 0. The van der Waals surface area contributed by atoms with Crippen LogP contribution in [0.3, 0.4) is 0 Å². The van der Waals surface area contributed by atoms with Crippen molar-refractivity contribution in [2.45, 2.75) is 31.5 Å². The number of carboxylic acid groups (broad SMARTS) is 1. The normalized spacial score (nSPS) is 15.1. The van der Waals surface area contributed by atoms with Crippen LogP contribution < -0.4 is 0 Å². The van der Waals surface area contributed by atoms with Gasteiger partial charge in [-0.05, 0) is 38.1 Å². The van der Waals surface area contributed by atoms with Crippen molar-refractivity contribution in [2.75, 3.05) is 13.1 Å². The van der Waals surface area contributed by atoms with Gasteiger partial charge in [-0.25, -0.2) is 14.2 Å². The van der Waals surface area contributed by atoms with Crippen LogP contribution in [0, 0.1) is 5.82 Å². The highest BCUT2D eigenvalue weighted by molar-refractivity contribution is 5.73. The van der Waals surface area contributed by atoms with Crippen LogP contribution in [0.5, 0.6) is 0 Å². The van der Waals surface area contributed by atoms with E-state index in [0.717, 1.165) is 43.9 Å². The Labute approximate surface area is 196 Å². The summed E-state index contributed by atoms with van der Waals surface area (Å²) in [5.74, 6) is -1.24. The van der Waals surface area contributed by atoms with Gasteiger partial charge < -0.3 is 9.52 Å². The summed E-state index contributed by atoms with van der Waals surface area (Å²) >= 11 is 0. The van der Waals surface area contributed by atoms with Gasteiger partial charge >= 0.3 is 12.1 Å². The molecule has 1 N–H and O–H groups in total. The second-order valence-corrected chi connectivity index (χ2v) is 8.04. The number of piperidine rings is 1. The average molecular weight is 491 g/mol. The molecular formula is C23H21F4N5O3. The predicted octanol–water partition coefficient (Wildman–Crippen LogP) is 4.54. The number of likely N-dealkylation sites (tertiary alicyclic amines) is 1. The number of aromatic nitrogens is 4. The molecule has 0 amide bonds. The van der Waals surface area contributed by atoms with Crippen LogP contribution in [0.1, 0.15) is 30.1 Å². The highest BCUT2D eigenvalue weighted by Gasteiger charge is 2.38. The van der Waals surface area contributed by atoms with E-state index in [4.69, 9.17) is 14.3 Å². The van der Waals surface area contributed by atoms with Crippen molar-refractivity contribution in [3.05, 3.63) is 72.5 Å². The fourth-order valence-electron chi connectivity index (χ4n) is 3.91. The molecule has 35 heavy (non-hydrogen) atoms. The summed E-state index contributed by atoms with van der Waals surface area (Å²) in [5.41, 5.74) is 2.46. The molecule has 0 radical (unpaired) electrons. The van der Waals surface area contributed by atoms with E-state index in [9.17, 15) is 17.6 Å². The maximum absolute atomic E-state index is 14.2. The zero-order valence-electron chi connectivity index (χ0n) is 18.3. The van der Waals surface area contributed by atoms with Gasteiger partial charge in [-0.15, -0.1) is 10.2 Å². The molecule has 8 nitrogen and oxygen atoms in total. The first-order valence-corrected chi connectivity index (χ1v) is 10.7. The summed E-state index contributed by atoms with van der Waals surface area (Å²) in [6, 6.07) is 8.74. The maximum atomic E-state index is 14.2. The second kappa shape index (κ2) is 10.2. The summed E-state index contributed by atoms with van der Waals surface area (Å²) in [6.45, 7) is 2.89. The first kappa shape index (κ1) is 24.3. The number of carbonyl (C=O) groups is 1. The Morgan fingerprint density at radius 2 is 1.86 bits per heavy atom. The molecule has 0 unspecified atom stereocenters. The van der Waals surface area contributed by atoms with Crippen LogP contribution in [-0.4, -0.2) is 54.8 Å². The molecule has 4 heterocycles. The zero-order valence-corrected chi connectivity index (χ0v) is 18.3. The Balaban J connectivity index is 0.000000364. The molecule has 1 aliphatic heterocycles. The van der Waals surface area contributed by atoms with E-state index in [1.807, 2.05) is 22.7 Å². The third kappa shape index (κ3) is 5.83. The van der Waals surface area contributed by atoms with E-state index in [1.54, 1.807) is 30.9 Å². The minimum Gasteiger partial charge on any atom is -0.475 e. The molecule has 12 heteroatoms. The van der Waals surface area contributed by atoms with Gasteiger partial charge in [0.2, 0.25) is 0 Å². The number of furan rings is 1. The first-order valence-electron chi connectivity index (χ1n) is 10.7. The number of halogens is 4. The number of aliphatic carboxylic acids is 1. The molecule has 0 aliphatic carbocycles. The lowest BCUT2D eigenvalue weighted by Gasteiger charge is -2.30. The minimum absolute atomic E-state index is 0.258. The van der Waals surface area contributed by atoms with E-state index >= 15 is 0 Å². The van der Waals surface area contributed by atoms with Crippen molar-refractivity contribution in [2.24, 2.45) is 0 Å². The average Bonchev–Trinajstić information content (AvgIpc) is 3.49. The van der Waals surface area contributed by atoms with E-state index in [1.165, 1.54) is 11.6 Å². The molecule has 5 rings (SSSR count). The summed E-state index contributed by atoms with van der Waals surface area (Å²) in [6.07, 6.45) is 3.98. The third-order valence-electron chi connectivity index (χ3n) is 5.66. The molecule has 1 aliphatic rings. The maximum Gasteiger partial charge on any atom is 0.490 e. The number of nitrogens with zero attached hydrogens (tertiary/aromatic N) is 5. The standard InChI is InChI=1S/C21H20FN5O.C2HF3O2/c22-19-4-2-1-3-18(19)17-11-23-21-25-24-20(27(21)13-17)16-5-8-26(9-6-16)12-15-7-10-28-14-15;3-2(4,5)1(6)7/h1-4,7,10-11,13-14,16H,5-6,8-9,12H2;(H,6,7). The van der Waals surface area contributed by atoms with E-state index in [-0.39, 0.29) is 5.82 Å². The van der Waals surface area contributed by atoms with Gasteiger partial charge in [-0.1, -0.05) is 18.2 Å². The van der Waals surface area contributed by atoms with Crippen molar-refractivity contribution in [1.82, 2.24) is 24.5 Å². The van der Waals surface area contributed by atoms with E-state index in [0.29, 0.717) is 17.3 Å². The SMILES string of the molecule is Fc1ccccc1-c1cnc2nnc(C3CCN(Cc4ccoc4)CC3)n2c1.O=C(O)C(F)(F)F. The van der Waals surface area contributed by atoms with Crippen LogP contribution in [0.4, 0.5) is 17.6 Å². The van der Waals surface area contributed by atoms with Crippen molar-refractivity contribution in [3.63, 3.8) is 0 Å². The Bertz CT molecular complexity index is 1280. The lowest BCUT2D eigenvalue weighted by Crippen LogP contribution is -2.32. The van der Waals surface area contributed by atoms with Crippen molar-refractivity contribution in [3.8, 4) is 11.1 Å². The van der Waals surface area contributed by atoms with Crippen LogP contribution in [-0.2, 0) is 11.3 Å². The van der Waals surface area contributed by atoms with E-state index < -0.39 is 12.1 Å². The molecule has 3 aromatic heterocycles. The number of alkyl halides is 3. The van der Waals surface area contributed by atoms with Gasteiger partial charge in [0.1, 0.15) is 11.6 Å². The molecule has 0 saturated carbocycles. The summed E-state index contributed by atoms with van der Waals surface area (Å²) in [5, 5.41) is 15.7.